The minimum atomic E-state index is -0.282. The van der Waals surface area contributed by atoms with Gasteiger partial charge in [0.2, 0.25) is 0 Å². The number of aliphatic hydroxyl groups excluding tert-OH is 1. The highest BCUT2D eigenvalue weighted by molar-refractivity contribution is 5.77. The van der Waals surface area contributed by atoms with Crippen molar-refractivity contribution in [2.45, 2.75) is 18.4 Å². The highest BCUT2D eigenvalue weighted by atomic mass is 16.3. The van der Waals surface area contributed by atoms with E-state index in [2.05, 4.69) is 58.6 Å². The minimum absolute atomic E-state index is 0.00309. The molecule has 0 amide bonds. The van der Waals surface area contributed by atoms with Crippen molar-refractivity contribution in [1.29, 1.82) is 0 Å². The van der Waals surface area contributed by atoms with Crippen molar-refractivity contribution in [1.82, 2.24) is 15.0 Å². The Morgan fingerprint density at radius 1 is 0.833 bits per heavy atom. The first-order valence-electron chi connectivity index (χ1n) is 11.8. The van der Waals surface area contributed by atoms with Crippen LogP contribution in [0, 0.1) is 5.92 Å². The third-order valence-corrected chi connectivity index (χ3v) is 6.72. The van der Waals surface area contributed by atoms with Gasteiger partial charge in [0.25, 0.3) is 0 Å². The van der Waals surface area contributed by atoms with E-state index in [0.29, 0.717) is 35.2 Å². The van der Waals surface area contributed by atoms with E-state index in [1.54, 1.807) is 18.2 Å². The summed E-state index contributed by atoms with van der Waals surface area (Å²) in [6.07, 6.45) is 16.8. The molecule has 3 unspecified atom stereocenters. The van der Waals surface area contributed by atoms with Gasteiger partial charge >= 0.3 is 0 Å². The summed E-state index contributed by atoms with van der Waals surface area (Å²) in [5.74, 6) is 1.32. The average Bonchev–Trinajstić information content (AvgIpc) is 2.88. The van der Waals surface area contributed by atoms with E-state index in [9.17, 15) is 15.3 Å². The molecule has 5 N–H and O–H groups in total. The molecule has 7 nitrogen and oxygen atoms in total. The van der Waals surface area contributed by atoms with E-state index in [1.165, 1.54) is 17.7 Å². The van der Waals surface area contributed by atoms with Gasteiger partial charge in [-0.15, -0.1) is 0 Å². The molecule has 0 radical (unpaired) electrons. The Hall–Kier alpha value is -4.49. The number of aromatic nitrogens is 3. The lowest BCUT2D eigenvalue weighted by molar-refractivity contribution is 0.429. The van der Waals surface area contributed by atoms with Gasteiger partial charge in [0.15, 0.2) is 17.5 Å². The summed E-state index contributed by atoms with van der Waals surface area (Å²) in [4.78, 5) is 13.9. The van der Waals surface area contributed by atoms with Crippen molar-refractivity contribution in [3.05, 3.63) is 102 Å². The molecule has 0 saturated carbocycles. The summed E-state index contributed by atoms with van der Waals surface area (Å²) in [6, 6.07) is 10.1. The summed E-state index contributed by atoms with van der Waals surface area (Å²) >= 11 is 0. The van der Waals surface area contributed by atoms with E-state index >= 15 is 0 Å². The number of allylic oxidation sites excluding steroid dienone is 6. The Bertz CT molecular complexity index is 1530. The second kappa shape index (κ2) is 8.62. The smallest absolute Gasteiger partial charge is 0.167 e. The van der Waals surface area contributed by atoms with Gasteiger partial charge in [0.1, 0.15) is 17.3 Å². The number of aliphatic hydroxyl groups is 1. The molecule has 0 aliphatic heterocycles. The van der Waals surface area contributed by atoms with E-state index in [-0.39, 0.29) is 34.9 Å². The van der Waals surface area contributed by atoms with Gasteiger partial charge < -0.3 is 21.1 Å². The summed E-state index contributed by atoms with van der Waals surface area (Å²) in [5.41, 5.74) is 9.86. The molecular weight excluding hydrogens is 452 g/mol. The lowest BCUT2D eigenvalue weighted by atomic mass is 9.77. The molecule has 178 valence electrons. The molecule has 1 aromatic heterocycles. The molecule has 1 heterocycles. The molecule has 3 atom stereocenters. The molecule has 0 bridgehead atoms. The zero-order valence-electron chi connectivity index (χ0n) is 19.3. The van der Waals surface area contributed by atoms with Crippen LogP contribution in [-0.2, 0) is 0 Å². The number of fused-ring (bicyclic) bond motifs is 3. The molecule has 36 heavy (non-hydrogen) atoms. The summed E-state index contributed by atoms with van der Waals surface area (Å²) < 4.78 is 0. The van der Waals surface area contributed by atoms with Gasteiger partial charge in [-0.3, -0.25) is 0 Å². The average molecular weight is 477 g/mol. The van der Waals surface area contributed by atoms with Gasteiger partial charge in [0, 0.05) is 29.5 Å². The molecule has 0 saturated heterocycles. The SMILES string of the molecule is NC1C=C(O)C(c2nc(-c3ccc4c(c3)C=CC3C=CC=CC43)nc(-c3ccc(O)cc3O)n2)=CC1. The first-order valence-corrected chi connectivity index (χ1v) is 11.8. The van der Waals surface area contributed by atoms with E-state index in [0.717, 1.165) is 11.1 Å². The number of nitrogens with two attached hydrogens (primary N) is 1. The Morgan fingerprint density at radius 3 is 2.47 bits per heavy atom. The van der Waals surface area contributed by atoms with Gasteiger partial charge in [-0.2, -0.15) is 0 Å². The molecule has 3 aromatic rings. The second-order valence-corrected chi connectivity index (χ2v) is 9.15. The monoisotopic (exact) mass is 476 g/mol. The van der Waals surface area contributed by atoms with Crippen molar-refractivity contribution in [3.8, 4) is 34.3 Å². The molecule has 3 aliphatic rings. The number of hydrogen-bond donors (Lipinski definition) is 4. The maximum Gasteiger partial charge on any atom is 0.167 e. The van der Waals surface area contributed by atoms with Crippen molar-refractivity contribution < 1.29 is 15.3 Å². The molecule has 3 aliphatic carbocycles. The van der Waals surface area contributed by atoms with Crippen LogP contribution in [0.2, 0.25) is 0 Å². The third kappa shape index (κ3) is 3.89. The normalized spacial score (nSPS) is 22.0. The lowest BCUT2D eigenvalue weighted by Gasteiger charge is -2.27. The zero-order valence-corrected chi connectivity index (χ0v) is 19.3. The first kappa shape index (κ1) is 22.0. The van der Waals surface area contributed by atoms with Crippen LogP contribution in [0.4, 0.5) is 0 Å². The fourth-order valence-electron chi connectivity index (χ4n) is 4.88. The number of phenolic OH excluding ortho intramolecular Hbond substituents is 2. The molecule has 0 spiro atoms. The van der Waals surface area contributed by atoms with Crippen LogP contribution in [0.15, 0.2) is 84.7 Å². The van der Waals surface area contributed by atoms with Gasteiger partial charge in [-0.1, -0.05) is 54.7 Å². The highest BCUT2D eigenvalue weighted by Gasteiger charge is 2.25. The number of rotatable bonds is 3. The van der Waals surface area contributed by atoms with E-state index in [4.69, 9.17) is 10.7 Å². The Kier molecular flexibility index (Phi) is 5.27. The topological polar surface area (TPSA) is 125 Å². The van der Waals surface area contributed by atoms with Crippen LogP contribution in [0.5, 0.6) is 11.5 Å². The maximum absolute atomic E-state index is 10.6. The Morgan fingerprint density at radius 2 is 1.64 bits per heavy atom. The van der Waals surface area contributed by atoms with E-state index in [1.807, 2.05) is 6.07 Å². The van der Waals surface area contributed by atoms with Gasteiger partial charge in [-0.25, -0.2) is 15.0 Å². The highest BCUT2D eigenvalue weighted by Crippen LogP contribution is 2.39. The van der Waals surface area contributed by atoms with Crippen molar-refractivity contribution in [3.63, 3.8) is 0 Å². The Labute approximate surface area is 208 Å². The summed E-state index contributed by atoms with van der Waals surface area (Å²) in [7, 11) is 0. The molecule has 7 heteroatoms. The molecule has 6 rings (SSSR count). The third-order valence-electron chi connectivity index (χ3n) is 6.72. The van der Waals surface area contributed by atoms with Crippen molar-refractivity contribution in [2.75, 3.05) is 0 Å². The van der Waals surface area contributed by atoms with Crippen LogP contribution in [0.3, 0.4) is 0 Å². The lowest BCUT2D eigenvalue weighted by Crippen LogP contribution is -2.20. The van der Waals surface area contributed by atoms with Crippen LogP contribution >= 0.6 is 0 Å². The summed E-state index contributed by atoms with van der Waals surface area (Å²) in [6.45, 7) is 0. The standard InChI is InChI=1S/C29H24N4O3/c30-19-8-11-23(25(35)14-19)28-31-27(32-29(33-28)24-12-9-20(34)15-26(24)36)18-7-10-22-17(13-18)6-5-16-3-1-2-4-21(16)22/h1-7,9-16,19,21,34-36H,8,30H2. The largest absolute Gasteiger partial charge is 0.508 e. The molecular formula is C29H24N4O3. The number of benzene rings is 2. The number of aromatic hydroxyl groups is 2. The fourth-order valence-corrected chi connectivity index (χ4v) is 4.88. The van der Waals surface area contributed by atoms with E-state index < -0.39 is 0 Å². The number of nitrogens with zero attached hydrogens (tertiary/aromatic N) is 3. The van der Waals surface area contributed by atoms with Gasteiger partial charge in [-0.05, 0) is 41.8 Å². The second-order valence-electron chi connectivity index (χ2n) is 9.15. The van der Waals surface area contributed by atoms with Gasteiger partial charge in [0.05, 0.1) is 11.1 Å². The Balaban J connectivity index is 1.49. The first-order chi connectivity index (χ1) is 17.5. The molecule has 2 aromatic carbocycles. The van der Waals surface area contributed by atoms with Crippen molar-refractivity contribution >= 4 is 11.6 Å². The fraction of sp³-hybridized carbons (Fsp3) is 0.138. The van der Waals surface area contributed by atoms with Crippen LogP contribution in [0.1, 0.15) is 29.3 Å². The maximum atomic E-state index is 10.6. The van der Waals surface area contributed by atoms with Crippen molar-refractivity contribution in [2.24, 2.45) is 11.7 Å². The predicted octanol–water partition coefficient (Wildman–Crippen LogP) is 5.03. The number of phenols is 2. The van der Waals surface area contributed by atoms with Crippen LogP contribution < -0.4 is 5.73 Å². The number of hydrogen-bond acceptors (Lipinski definition) is 7. The quantitative estimate of drug-likeness (QED) is 0.418. The predicted molar refractivity (Wildman–Crippen MR) is 139 cm³/mol. The molecule has 0 fully saturated rings. The van der Waals surface area contributed by atoms with Crippen LogP contribution in [-0.4, -0.2) is 36.3 Å². The summed E-state index contributed by atoms with van der Waals surface area (Å²) in [5, 5.41) is 30.8. The zero-order chi connectivity index (χ0) is 24.8. The van der Waals surface area contributed by atoms with Crippen LogP contribution in [0.25, 0.3) is 34.4 Å². The minimum Gasteiger partial charge on any atom is -0.508 e.